The fraction of sp³-hybridized carbons (Fsp3) is 0.174. The fourth-order valence-electron chi connectivity index (χ4n) is 3.15. The lowest BCUT2D eigenvalue weighted by molar-refractivity contribution is -0.118. The zero-order valence-corrected chi connectivity index (χ0v) is 18.2. The summed E-state index contributed by atoms with van der Waals surface area (Å²) in [4.78, 5) is 21.9. The molecule has 0 aliphatic rings. The van der Waals surface area contributed by atoms with Gasteiger partial charge in [0, 0.05) is 22.7 Å². The molecule has 0 saturated heterocycles. The quantitative estimate of drug-likeness (QED) is 0.453. The van der Waals surface area contributed by atoms with E-state index in [0.717, 1.165) is 21.3 Å². The van der Waals surface area contributed by atoms with Crippen LogP contribution < -0.4 is 19.5 Å². The summed E-state index contributed by atoms with van der Waals surface area (Å²) in [6.07, 6.45) is 1.44. The van der Waals surface area contributed by atoms with Crippen molar-refractivity contribution in [2.75, 3.05) is 26.1 Å². The molecule has 0 atom stereocenters. The van der Waals surface area contributed by atoms with E-state index in [1.807, 2.05) is 12.3 Å². The Morgan fingerprint density at radius 3 is 2.55 bits per heavy atom. The predicted octanol–water partition coefficient (Wildman–Crippen LogP) is 4.70. The van der Waals surface area contributed by atoms with Gasteiger partial charge in [0.25, 0.3) is 5.91 Å². The van der Waals surface area contributed by atoms with Crippen LogP contribution in [0, 0.1) is 6.92 Å². The first-order valence-electron chi connectivity index (χ1n) is 9.53. The second-order valence-electron chi connectivity index (χ2n) is 6.78. The van der Waals surface area contributed by atoms with Gasteiger partial charge in [-0.15, -0.1) is 11.3 Å². The number of methoxy groups -OCH3 is 2. The topological polar surface area (TPSA) is 82.6 Å². The number of fused-ring (bicyclic) bond motifs is 1. The molecule has 0 saturated carbocycles. The number of amides is 1. The van der Waals surface area contributed by atoms with Crippen LogP contribution in [0.3, 0.4) is 0 Å². The largest absolute Gasteiger partial charge is 0.493 e. The van der Waals surface area contributed by atoms with Crippen molar-refractivity contribution in [1.82, 2.24) is 9.97 Å². The Hall–Kier alpha value is -3.65. The molecule has 158 valence electrons. The zero-order chi connectivity index (χ0) is 21.8. The number of benzene rings is 2. The summed E-state index contributed by atoms with van der Waals surface area (Å²) in [5.41, 5.74) is 3.79. The Labute approximate surface area is 183 Å². The molecule has 4 rings (SSSR count). The minimum Gasteiger partial charge on any atom is -0.493 e. The molecule has 0 bridgehead atoms. The number of hydrogen-bond donors (Lipinski definition) is 1. The van der Waals surface area contributed by atoms with Gasteiger partial charge in [-0.05, 0) is 24.6 Å². The Balaban J connectivity index is 1.52. The number of thiophene rings is 1. The maximum Gasteiger partial charge on any atom is 0.262 e. The van der Waals surface area contributed by atoms with E-state index in [2.05, 4.69) is 39.6 Å². The molecule has 2 aromatic carbocycles. The first-order chi connectivity index (χ1) is 15.1. The maximum atomic E-state index is 12.5. The standard InChI is InChI=1S/C23H21N3O4S/c1-14-4-6-15(7-5-14)17-12-31-23-21(17)22(24-13-25-23)30-11-20(27)26-16-8-9-18(28-2)19(10-16)29-3/h4-10,12-13H,11H2,1-3H3,(H,26,27). The van der Waals surface area contributed by atoms with Gasteiger partial charge in [0.05, 0.1) is 19.6 Å². The Morgan fingerprint density at radius 1 is 1.03 bits per heavy atom. The first-order valence-corrected chi connectivity index (χ1v) is 10.4. The van der Waals surface area contributed by atoms with Crippen LogP contribution in [-0.2, 0) is 4.79 Å². The van der Waals surface area contributed by atoms with Crippen molar-refractivity contribution in [1.29, 1.82) is 0 Å². The molecular weight excluding hydrogens is 414 g/mol. The van der Waals surface area contributed by atoms with Gasteiger partial charge in [0.2, 0.25) is 5.88 Å². The zero-order valence-electron chi connectivity index (χ0n) is 17.3. The average molecular weight is 436 g/mol. The molecule has 1 amide bonds. The molecule has 0 radical (unpaired) electrons. The molecule has 8 heteroatoms. The predicted molar refractivity (Wildman–Crippen MR) is 121 cm³/mol. The Morgan fingerprint density at radius 2 is 1.81 bits per heavy atom. The van der Waals surface area contributed by atoms with Crippen molar-refractivity contribution in [3.63, 3.8) is 0 Å². The number of carbonyl (C=O) groups is 1. The number of aryl methyl sites for hydroxylation is 1. The van der Waals surface area contributed by atoms with E-state index < -0.39 is 0 Å². The number of rotatable bonds is 7. The maximum absolute atomic E-state index is 12.5. The second kappa shape index (κ2) is 9.01. The summed E-state index contributed by atoms with van der Waals surface area (Å²) < 4.78 is 16.3. The van der Waals surface area contributed by atoms with Crippen LogP contribution in [0.1, 0.15) is 5.56 Å². The van der Waals surface area contributed by atoms with Crippen LogP contribution in [0.25, 0.3) is 21.3 Å². The van der Waals surface area contributed by atoms with E-state index in [1.54, 1.807) is 32.4 Å². The highest BCUT2D eigenvalue weighted by molar-refractivity contribution is 7.17. The molecular formula is C23H21N3O4S. The van der Waals surface area contributed by atoms with Gasteiger partial charge in [-0.25, -0.2) is 9.97 Å². The van der Waals surface area contributed by atoms with Crippen molar-refractivity contribution in [2.45, 2.75) is 6.92 Å². The van der Waals surface area contributed by atoms with Crippen LogP contribution in [0.5, 0.6) is 17.4 Å². The summed E-state index contributed by atoms with van der Waals surface area (Å²) in [6.45, 7) is 1.85. The Kier molecular flexibility index (Phi) is 5.99. The number of nitrogens with one attached hydrogen (secondary N) is 1. The molecule has 0 aliphatic carbocycles. The van der Waals surface area contributed by atoms with E-state index in [1.165, 1.54) is 23.2 Å². The number of carbonyl (C=O) groups excluding carboxylic acids is 1. The number of aromatic nitrogens is 2. The highest BCUT2D eigenvalue weighted by Crippen LogP contribution is 2.37. The van der Waals surface area contributed by atoms with Crippen molar-refractivity contribution >= 4 is 33.1 Å². The summed E-state index contributed by atoms with van der Waals surface area (Å²) >= 11 is 1.51. The second-order valence-corrected chi connectivity index (χ2v) is 7.64. The van der Waals surface area contributed by atoms with Crippen LogP contribution in [0.15, 0.2) is 54.2 Å². The fourth-order valence-corrected chi connectivity index (χ4v) is 4.05. The normalized spacial score (nSPS) is 10.7. The molecule has 0 aliphatic heterocycles. The average Bonchev–Trinajstić information content (AvgIpc) is 3.23. The van der Waals surface area contributed by atoms with Crippen LogP contribution in [-0.4, -0.2) is 36.7 Å². The third kappa shape index (κ3) is 4.44. The number of ether oxygens (including phenoxy) is 3. The van der Waals surface area contributed by atoms with Gasteiger partial charge >= 0.3 is 0 Å². The van der Waals surface area contributed by atoms with Gasteiger partial charge in [-0.2, -0.15) is 0 Å². The summed E-state index contributed by atoms with van der Waals surface area (Å²) in [5, 5.41) is 5.62. The summed E-state index contributed by atoms with van der Waals surface area (Å²) in [7, 11) is 3.10. The number of hydrogen-bond acceptors (Lipinski definition) is 7. The van der Waals surface area contributed by atoms with Gasteiger partial charge in [0.1, 0.15) is 11.2 Å². The third-order valence-electron chi connectivity index (χ3n) is 4.71. The molecule has 0 fully saturated rings. The summed E-state index contributed by atoms with van der Waals surface area (Å²) in [5.74, 6) is 1.18. The molecule has 1 N–H and O–H groups in total. The lowest BCUT2D eigenvalue weighted by Gasteiger charge is -2.11. The highest BCUT2D eigenvalue weighted by atomic mass is 32.1. The van der Waals surface area contributed by atoms with Crippen molar-refractivity contribution in [3.05, 3.63) is 59.7 Å². The van der Waals surface area contributed by atoms with Crippen LogP contribution >= 0.6 is 11.3 Å². The lowest BCUT2D eigenvalue weighted by Crippen LogP contribution is -2.20. The summed E-state index contributed by atoms with van der Waals surface area (Å²) in [6, 6.07) is 13.4. The lowest BCUT2D eigenvalue weighted by atomic mass is 10.0. The minimum absolute atomic E-state index is 0.191. The van der Waals surface area contributed by atoms with E-state index in [0.29, 0.717) is 23.1 Å². The molecule has 2 heterocycles. The molecule has 2 aromatic heterocycles. The van der Waals surface area contributed by atoms with Crippen LogP contribution in [0.4, 0.5) is 5.69 Å². The van der Waals surface area contributed by atoms with E-state index in [4.69, 9.17) is 14.2 Å². The monoisotopic (exact) mass is 435 g/mol. The molecule has 4 aromatic rings. The smallest absolute Gasteiger partial charge is 0.262 e. The van der Waals surface area contributed by atoms with Crippen molar-refractivity contribution in [2.24, 2.45) is 0 Å². The molecule has 31 heavy (non-hydrogen) atoms. The van der Waals surface area contributed by atoms with E-state index in [9.17, 15) is 4.79 Å². The van der Waals surface area contributed by atoms with Crippen LogP contribution in [0.2, 0.25) is 0 Å². The van der Waals surface area contributed by atoms with E-state index >= 15 is 0 Å². The third-order valence-corrected chi connectivity index (χ3v) is 5.59. The SMILES string of the molecule is COc1ccc(NC(=O)COc2ncnc3scc(-c4ccc(C)cc4)c23)cc1OC. The molecule has 0 spiro atoms. The molecule has 7 nitrogen and oxygen atoms in total. The van der Waals surface area contributed by atoms with Crippen molar-refractivity contribution in [3.8, 4) is 28.5 Å². The minimum atomic E-state index is -0.314. The van der Waals surface area contributed by atoms with Crippen molar-refractivity contribution < 1.29 is 19.0 Å². The Bertz CT molecular complexity index is 1220. The molecule has 0 unspecified atom stereocenters. The van der Waals surface area contributed by atoms with Gasteiger partial charge in [-0.1, -0.05) is 29.8 Å². The van der Waals surface area contributed by atoms with E-state index in [-0.39, 0.29) is 12.5 Å². The first kappa shape index (κ1) is 20.6. The van der Waals surface area contributed by atoms with Gasteiger partial charge in [-0.3, -0.25) is 4.79 Å². The number of anilines is 1. The highest BCUT2D eigenvalue weighted by Gasteiger charge is 2.16. The van der Waals surface area contributed by atoms with Gasteiger partial charge < -0.3 is 19.5 Å². The number of nitrogens with zero attached hydrogens (tertiary/aromatic N) is 2. The van der Waals surface area contributed by atoms with Gasteiger partial charge in [0.15, 0.2) is 18.1 Å².